The van der Waals surface area contributed by atoms with Crippen molar-refractivity contribution in [2.24, 2.45) is 5.14 Å². The Kier molecular flexibility index (Phi) is 4.79. The predicted octanol–water partition coefficient (Wildman–Crippen LogP) is 4.11. The summed E-state index contributed by atoms with van der Waals surface area (Å²) in [4.78, 5) is 0.0423. The number of sulfonamides is 1. The molecule has 1 aromatic heterocycles. The standard InChI is InChI=1S/C17H14Cl2N2O3S/c1-24-17-13(18)9-11(10-14(17)19)21-8-4-6-15(21)12-5-2-3-7-16(12)25(20,22)23/h2-10H,1H3,(H2,20,22,23). The molecule has 0 aliphatic carbocycles. The van der Waals surface area contributed by atoms with E-state index in [-0.39, 0.29) is 4.90 Å². The molecule has 2 N–H and O–H groups in total. The Labute approximate surface area is 155 Å². The van der Waals surface area contributed by atoms with Crippen molar-refractivity contribution < 1.29 is 13.2 Å². The molecule has 1 heterocycles. The van der Waals surface area contributed by atoms with Crippen LogP contribution in [0, 0.1) is 0 Å². The Morgan fingerprint density at radius 2 is 1.68 bits per heavy atom. The highest BCUT2D eigenvalue weighted by Gasteiger charge is 2.18. The van der Waals surface area contributed by atoms with Crippen molar-refractivity contribution in [2.75, 3.05) is 7.11 Å². The van der Waals surface area contributed by atoms with E-state index in [1.807, 2.05) is 0 Å². The van der Waals surface area contributed by atoms with Gasteiger partial charge in [0, 0.05) is 17.4 Å². The molecule has 0 unspecified atom stereocenters. The molecule has 25 heavy (non-hydrogen) atoms. The zero-order valence-electron chi connectivity index (χ0n) is 13.1. The third-order valence-electron chi connectivity index (χ3n) is 3.68. The van der Waals surface area contributed by atoms with Crippen LogP contribution in [0.1, 0.15) is 0 Å². The predicted molar refractivity (Wildman–Crippen MR) is 99.2 cm³/mol. The molecule has 3 rings (SSSR count). The lowest BCUT2D eigenvalue weighted by molar-refractivity contribution is 0.415. The Bertz CT molecular complexity index is 1020. The normalized spacial score (nSPS) is 11.5. The average Bonchev–Trinajstić information content (AvgIpc) is 3.03. The zero-order chi connectivity index (χ0) is 18.2. The summed E-state index contributed by atoms with van der Waals surface area (Å²) >= 11 is 12.4. The lowest BCUT2D eigenvalue weighted by atomic mass is 10.1. The van der Waals surface area contributed by atoms with Crippen molar-refractivity contribution in [1.82, 2.24) is 4.57 Å². The van der Waals surface area contributed by atoms with Crippen molar-refractivity contribution >= 4 is 33.2 Å². The molecule has 0 aliphatic rings. The molecule has 8 heteroatoms. The van der Waals surface area contributed by atoms with Gasteiger partial charge in [-0.1, -0.05) is 41.4 Å². The van der Waals surface area contributed by atoms with Crippen LogP contribution in [-0.4, -0.2) is 20.1 Å². The zero-order valence-corrected chi connectivity index (χ0v) is 15.4. The van der Waals surface area contributed by atoms with Gasteiger partial charge in [0.15, 0.2) is 5.75 Å². The maximum Gasteiger partial charge on any atom is 0.238 e. The summed E-state index contributed by atoms with van der Waals surface area (Å²) in [7, 11) is -2.39. The first-order valence-corrected chi connectivity index (χ1v) is 9.46. The van der Waals surface area contributed by atoms with Crippen molar-refractivity contribution in [3.05, 3.63) is 64.8 Å². The number of methoxy groups -OCH3 is 1. The summed E-state index contributed by atoms with van der Waals surface area (Å²) in [6.07, 6.45) is 1.78. The summed E-state index contributed by atoms with van der Waals surface area (Å²) in [5.74, 6) is 0.380. The highest BCUT2D eigenvalue weighted by atomic mass is 35.5. The lowest BCUT2D eigenvalue weighted by Gasteiger charge is -2.14. The van der Waals surface area contributed by atoms with Crippen LogP contribution in [0.25, 0.3) is 16.9 Å². The Morgan fingerprint density at radius 3 is 2.28 bits per heavy atom. The van der Waals surface area contributed by atoms with Crippen LogP contribution < -0.4 is 9.88 Å². The Hall–Kier alpha value is -1.99. The molecule has 2 aromatic carbocycles. The number of hydrogen-bond donors (Lipinski definition) is 1. The van der Waals surface area contributed by atoms with Crippen LogP contribution in [0.5, 0.6) is 5.75 Å². The second kappa shape index (κ2) is 6.72. The van der Waals surface area contributed by atoms with E-state index >= 15 is 0 Å². The maximum atomic E-state index is 11.9. The molecule has 3 aromatic rings. The van der Waals surface area contributed by atoms with Gasteiger partial charge in [-0.3, -0.25) is 0 Å². The minimum atomic E-state index is -3.87. The third-order valence-corrected chi connectivity index (χ3v) is 5.21. The summed E-state index contributed by atoms with van der Waals surface area (Å²) in [6.45, 7) is 0. The van der Waals surface area contributed by atoms with Crippen LogP contribution in [0.3, 0.4) is 0 Å². The number of benzene rings is 2. The molecule has 0 radical (unpaired) electrons. The van der Waals surface area contributed by atoms with Crippen LogP contribution in [0.2, 0.25) is 10.0 Å². The minimum Gasteiger partial charge on any atom is -0.494 e. The fourth-order valence-corrected chi connectivity index (χ4v) is 4.01. The number of nitrogens with zero attached hydrogens (tertiary/aromatic N) is 1. The number of aromatic nitrogens is 1. The van der Waals surface area contributed by atoms with Crippen LogP contribution in [0.4, 0.5) is 0 Å². The number of primary sulfonamides is 1. The highest BCUT2D eigenvalue weighted by Crippen LogP contribution is 2.37. The summed E-state index contributed by atoms with van der Waals surface area (Å²) in [5, 5.41) is 6.05. The fourth-order valence-electron chi connectivity index (χ4n) is 2.63. The Balaban J connectivity index is 2.22. The van der Waals surface area contributed by atoms with Gasteiger partial charge in [0.05, 0.1) is 27.7 Å². The first-order valence-electron chi connectivity index (χ1n) is 7.16. The molecule has 0 bridgehead atoms. The van der Waals surface area contributed by atoms with E-state index in [0.29, 0.717) is 32.7 Å². The SMILES string of the molecule is COc1c(Cl)cc(-n2cccc2-c2ccccc2S(N)(=O)=O)cc1Cl. The third kappa shape index (κ3) is 3.39. The Morgan fingerprint density at radius 1 is 1.04 bits per heavy atom. The van der Waals surface area contributed by atoms with Gasteiger partial charge < -0.3 is 9.30 Å². The summed E-state index contributed by atoms with van der Waals surface area (Å²) < 4.78 is 30.7. The van der Waals surface area contributed by atoms with Crippen LogP contribution in [0.15, 0.2) is 59.6 Å². The molecule has 5 nitrogen and oxygen atoms in total. The van der Waals surface area contributed by atoms with Gasteiger partial charge in [-0.05, 0) is 30.3 Å². The van der Waals surface area contributed by atoms with Gasteiger partial charge in [0.2, 0.25) is 10.0 Å². The smallest absolute Gasteiger partial charge is 0.238 e. The van der Waals surface area contributed by atoms with Crippen molar-refractivity contribution in [1.29, 1.82) is 0 Å². The molecule has 0 saturated carbocycles. The number of rotatable bonds is 4. The monoisotopic (exact) mass is 396 g/mol. The lowest BCUT2D eigenvalue weighted by Crippen LogP contribution is -2.13. The van der Waals surface area contributed by atoms with Crippen LogP contribution >= 0.6 is 23.2 Å². The number of halogens is 2. The number of nitrogens with two attached hydrogens (primary N) is 1. The second-order valence-electron chi connectivity index (χ2n) is 5.25. The van der Waals surface area contributed by atoms with Crippen molar-refractivity contribution in [3.63, 3.8) is 0 Å². The fraction of sp³-hybridized carbons (Fsp3) is 0.0588. The van der Waals surface area contributed by atoms with E-state index in [2.05, 4.69) is 0 Å². The second-order valence-corrected chi connectivity index (χ2v) is 7.59. The van der Waals surface area contributed by atoms with E-state index < -0.39 is 10.0 Å². The van der Waals surface area contributed by atoms with E-state index in [9.17, 15) is 8.42 Å². The molecule has 0 amide bonds. The van der Waals surface area contributed by atoms with Crippen molar-refractivity contribution in [2.45, 2.75) is 4.90 Å². The molecular formula is C17H14Cl2N2O3S. The molecule has 0 atom stereocenters. The first-order chi connectivity index (χ1) is 11.8. The molecule has 0 fully saturated rings. The largest absolute Gasteiger partial charge is 0.494 e. The minimum absolute atomic E-state index is 0.0423. The molecule has 0 saturated heterocycles. The van der Waals surface area contributed by atoms with Gasteiger partial charge in [0.1, 0.15) is 0 Å². The number of hydrogen-bond acceptors (Lipinski definition) is 3. The summed E-state index contributed by atoms with van der Waals surface area (Å²) in [6, 6.07) is 13.5. The van der Waals surface area contributed by atoms with Crippen molar-refractivity contribution in [3.8, 4) is 22.7 Å². The summed E-state index contributed by atoms with van der Waals surface area (Å²) in [5.41, 5.74) is 1.79. The topological polar surface area (TPSA) is 74.3 Å². The molecule has 130 valence electrons. The highest BCUT2D eigenvalue weighted by molar-refractivity contribution is 7.89. The van der Waals surface area contributed by atoms with Gasteiger partial charge in [-0.25, -0.2) is 13.6 Å². The average molecular weight is 397 g/mol. The molecule has 0 spiro atoms. The van der Waals surface area contributed by atoms with E-state index in [1.165, 1.54) is 13.2 Å². The quantitative estimate of drug-likeness (QED) is 0.720. The van der Waals surface area contributed by atoms with E-state index in [1.54, 1.807) is 53.2 Å². The van der Waals surface area contributed by atoms with Gasteiger partial charge in [-0.2, -0.15) is 0 Å². The maximum absolute atomic E-state index is 11.9. The molecule has 0 aliphatic heterocycles. The van der Waals surface area contributed by atoms with E-state index in [4.69, 9.17) is 33.1 Å². The first kappa shape index (κ1) is 17.8. The van der Waals surface area contributed by atoms with E-state index in [0.717, 1.165) is 0 Å². The van der Waals surface area contributed by atoms with Gasteiger partial charge in [-0.15, -0.1) is 0 Å². The van der Waals surface area contributed by atoms with Crippen LogP contribution in [-0.2, 0) is 10.0 Å². The van der Waals surface area contributed by atoms with Gasteiger partial charge in [0.25, 0.3) is 0 Å². The van der Waals surface area contributed by atoms with Gasteiger partial charge >= 0.3 is 0 Å². The molecular weight excluding hydrogens is 383 g/mol. The number of ether oxygens (including phenoxy) is 1.